The summed E-state index contributed by atoms with van der Waals surface area (Å²) in [6.07, 6.45) is 0.872. The van der Waals surface area contributed by atoms with Gasteiger partial charge in [0.1, 0.15) is 0 Å². The van der Waals surface area contributed by atoms with Gasteiger partial charge in [-0.05, 0) is 20.3 Å². The Labute approximate surface area is 109 Å². The maximum Gasteiger partial charge on any atom is 0.355 e. The molecule has 100 valence electrons. The Morgan fingerprint density at radius 2 is 2.50 bits per heavy atom. The van der Waals surface area contributed by atoms with Gasteiger partial charge in [-0.15, -0.1) is 11.3 Å². The smallest absolute Gasteiger partial charge is 0.355 e. The van der Waals surface area contributed by atoms with Crippen LogP contribution in [0.4, 0.5) is 5.13 Å². The topological polar surface area (TPSA) is 80.7 Å². The maximum atomic E-state index is 10.6. The van der Waals surface area contributed by atoms with Crippen molar-refractivity contribution >= 4 is 22.4 Å². The van der Waals surface area contributed by atoms with Gasteiger partial charge in [0.15, 0.2) is 16.6 Å². The van der Waals surface area contributed by atoms with Gasteiger partial charge >= 0.3 is 5.97 Å². The summed E-state index contributed by atoms with van der Waals surface area (Å²) in [6.45, 7) is 5.05. The molecule has 1 aromatic rings. The van der Waals surface area contributed by atoms with Gasteiger partial charge in [-0.2, -0.15) is 0 Å². The third-order valence-corrected chi connectivity index (χ3v) is 3.33. The minimum Gasteiger partial charge on any atom is -0.476 e. The number of anilines is 1. The van der Waals surface area contributed by atoms with Crippen molar-refractivity contribution in [2.24, 2.45) is 0 Å². The van der Waals surface area contributed by atoms with Crippen molar-refractivity contribution in [3.8, 4) is 0 Å². The summed E-state index contributed by atoms with van der Waals surface area (Å²) in [7, 11) is 0. The number of nitrogens with one attached hydrogen (secondary N) is 1. The van der Waals surface area contributed by atoms with Gasteiger partial charge in [-0.1, -0.05) is 0 Å². The van der Waals surface area contributed by atoms with Crippen LogP contribution < -0.4 is 5.32 Å². The van der Waals surface area contributed by atoms with Crippen molar-refractivity contribution in [2.75, 3.05) is 18.5 Å². The predicted octanol–water partition coefficient (Wildman–Crippen LogP) is 1.79. The fourth-order valence-corrected chi connectivity index (χ4v) is 2.41. The van der Waals surface area contributed by atoms with Crippen LogP contribution in [0, 0.1) is 0 Å². The number of aromatic nitrogens is 1. The van der Waals surface area contributed by atoms with E-state index in [-0.39, 0.29) is 11.8 Å². The Kier molecular flexibility index (Phi) is 3.84. The summed E-state index contributed by atoms with van der Waals surface area (Å²) in [5.41, 5.74) is 0.0732. The largest absolute Gasteiger partial charge is 0.476 e. The standard InChI is InChI=1S/C11H16N2O4S/c1-11(2)16-5-7(17-11)3-4-12-10-13-8(6-18-10)9(14)15/h6-7H,3-5H2,1-2H3,(H,12,13)(H,14,15). The second kappa shape index (κ2) is 5.21. The molecule has 1 aromatic heterocycles. The molecule has 6 nitrogen and oxygen atoms in total. The first-order valence-corrected chi connectivity index (χ1v) is 6.59. The molecule has 18 heavy (non-hydrogen) atoms. The van der Waals surface area contributed by atoms with E-state index in [1.807, 2.05) is 13.8 Å². The van der Waals surface area contributed by atoms with Gasteiger partial charge in [0.25, 0.3) is 0 Å². The summed E-state index contributed by atoms with van der Waals surface area (Å²) in [5.74, 6) is -1.50. The average molecular weight is 272 g/mol. The molecule has 2 heterocycles. The number of ether oxygens (including phenoxy) is 2. The minimum absolute atomic E-state index is 0.0732. The molecule has 2 rings (SSSR count). The van der Waals surface area contributed by atoms with Crippen LogP contribution in [0.3, 0.4) is 0 Å². The Morgan fingerprint density at radius 1 is 1.72 bits per heavy atom. The van der Waals surface area contributed by atoms with Crippen molar-refractivity contribution in [3.63, 3.8) is 0 Å². The lowest BCUT2D eigenvalue weighted by Gasteiger charge is -2.17. The zero-order valence-corrected chi connectivity index (χ0v) is 11.1. The minimum atomic E-state index is -1.01. The molecule has 1 aliphatic heterocycles. The molecule has 0 amide bonds. The molecule has 0 aromatic carbocycles. The van der Waals surface area contributed by atoms with E-state index in [0.29, 0.717) is 18.3 Å². The molecular weight excluding hydrogens is 256 g/mol. The molecule has 2 N–H and O–H groups in total. The van der Waals surface area contributed by atoms with Gasteiger partial charge in [-0.25, -0.2) is 9.78 Å². The van der Waals surface area contributed by atoms with Gasteiger partial charge in [0.05, 0.1) is 12.7 Å². The van der Waals surface area contributed by atoms with Crippen LogP contribution in [0.2, 0.25) is 0 Å². The molecule has 0 spiro atoms. The molecule has 1 aliphatic rings. The van der Waals surface area contributed by atoms with Crippen LogP contribution in [0.5, 0.6) is 0 Å². The van der Waals surface area contributed by atoms with Crippen LogP contribution >= 0.6 is 11.3 Å². The van der Waals surface area contributed by atoms with E-state index in [0.717, 1.165) is 6.42 Å². The number of aromatic carboxylic acids is 1. The second-order valence-electron chi connectivity index (χ2n) is 4.51. The molecule has 1 unspecified atom stereocenters. The third kappa shape index (κ3) is 3.41. The second-order valence-corrected chi connectivity index (χ2v) is 5.37. The highest BCUT2D eigenvalue weighted by Gasteiger charge is 2.32. The predicted molar refractivity (Wildman–Crippen MR) is 67.1 cm³/mol. The first-order chi connectivity index (χ1) is 8.46. The molecule has 0 radical (unpaired) electrons. The molecule has 1 fully saturated rings. The van der Waals surface area contributed by atoms with E-state index in [1.165, 1.54) is 16.7 Å². The van der Waals surface area contributed by atoms with E-state index in [9.17, 15) is 4.79 Å². The number of thiazole rings is 1. The third-order valence-electron chi connectivity index (χ3n) is 2.53. The summed E-state index contributed by atoms with van der Waals surface area (Å²) in [5, 5.41) is 13.9. The Morgan fingerprint density at radius 3 is 3.06 bits per heavy atom. The number of hydrogen-bond donors (Lipinski definition) is 2. The van der Waals surface area contributed by atoms with Crippen molar-refractivity contribution in [1.82, 2.24) is 4.98 Å². The maximum absolute atomic E-state index is 10.6. The number of rotatable bonds is 5. The molecule has 0 aliphatic carbocycles. The molecule has 0 bridgehead atoms. The number of nitrogens with zero attached hydrogens (tertiary/aromatic N) is 1. The molecule has 0 saturated carbocycles. The van der Waals surface area contributed by atoms with Crippen LogP contribution in [-0.4, -0.2) is 41.1 Å². The number of carboxylic acid groups (broad SMARTS) is 1. The first kappa shape index (κ1) is 13.3. The fourth-order valence-electron chi connectivity index (χ4n) is 1.70. The Hall–Kier alpha value is -1.18. The number of carbonyl (C=O) groups is 1. The highest BCUT2D eigenvalue weighted by atomic mass is 32.1. The van der Waals surface area contributed by atoms with Gasteiger partial charge in [0.2, 0.25) is 0 Å². The van der Waals surface area contributed by atoms with Crippen molar-refractivity contribution in [2.45, 2.75) is 32.2 Å². The summed E-state index contributed by atoms with van der Waals surface area (Å²) >= 11 is 1.29. The van der Waals surface area contributed by atoms with Crippen LogP contribution in [0.25, 0.3) is 0 Å². The number of hydrogen-bond acceptors (Lipinski definition) is 6. The van der Waals surface area contributed by atoms with Crippen LogP contribution in [0.1, 0.15) is 30.8 Å². The molecule has 1 atom stereocenters. The van der Waals surface area contributed by atoms with Crippen LogP contribution in [0.15, 0.2) is 5.38 Å². The van der Waals surface area contributed by atoms with Crippen molar-refractivity contribution in [1.29, 1.82) is 0 Å². The fraction of sp³-hybridized carbons (Fsp3) is 0.636. The lowest BCUT2D eigenvalue weighted by molar-refractivity contribution is -0.138. The first-order valence-electron chi connectivity index (χ1n) is 5.71. The normalized spacial score (nSPS) is 22.0. The molecular formula is C11H16N2O4S. The van der Waals surface area contributed by atoms with E-state index in [1.54, 1.807) is 0 Å². The summed E-state index contributed by atoms with van der Waals surface area (Å²) in [4.78, 5) is 14.6. The highest BCUT2D eigenvalue weighted by Crippen LogP contribution is 2.24. The Bertz CT molecular complexity index is 432. The SMILES string of the molecule is CC1(C)OCC(CCNc2nc(C(=O)O)cs2)O1. The van der Waals surface area contributed by atoms with E-state index >= 15 is 0 Å². The quantitative estimate of drug-likeness (QED) is 0.850. The molecule has 1 saturated heterocycles. The zero-order valence-electron chi connectivity index (χ0n) is 10.3. The van der Waals surface area contributed by atoms with Gasteiger partial charge in [0, 0.05) is 11.9 Å². The van der Waals surface area contributed by atoms with Gasteiger partial charge < -0.3 is 19.9 Å². The monoisotopic (exact) mass is 272 g/mol. The van der Waals surface area contributed by atoms with E-state index in [4.69, 9.17) is 14.6 Å². The molecule has 7 heteroatoms. The summed E-state index contributed by atoms with van der Waals surface area (Å²) < 4.78 is 11.1. The summed E-state index contributed by atoms with van der Waals surface area (Å²) in [6, 6.07) is 0. The van der Waals surface area contributed by atoms with E-state index < -0.39 is 11.8 Å². The lowest BCUT2D eigenvalue weighted by atomic mass is 10.3. The highest BCUT2D eigenvalue weighted by molar-refractivity contribution is 7.13. The van der Waals surface area contributed by atoms with Crippen molar-refractivity contribution in [3.05, 3.63) is 11.1 Å². The number of carboxylic acids is 1. The lowest BCUT2D eigenvalue weighted by Crippen LogP contribution is -2.22. The van der Waals surface area contributed by atoms with E-state index in [2.05, 4.69) is 10.3 Å². The average Bonchev–Trinajstić information content (AvgIpc) is 2.86. The Balaban J connectivity index is 1.74. The van der Waals surface area contributed by atoms with Gasteiger partial charge in [-0.3, -0.25) is 0 Å². The van der Waals surface area contributed by atoms with Crippen LogP contribution in [-0.2, 0) is 9.47 Å². The van der Waals surface area contributed by atoms with Crippen molar-refractivity contribution < 1.29 is 19.4 Å². The zero-order chi connectivity index (χ0) is 13.2.